The third-order valence-corrected chi connectivity index (χ3v) is 2.10. The minimum absolute atomic E-state index is 0.0929. The number of methoxy groups -OCH3 is 1. The average Bonchev–Trinajstić information content (AvgIpc) is 2.09. The van der Waals surface area contributed by atoms with Gasteiger partial charge in [-0.05, 0) is 12.1 Å². The van der Waals surface area contributed by atoms with E-state index in [2.05, 4.69) is 20.7 Å². The fourth-order valence-corrected chi connectivity index (χ4v) is 1.26. The molecule has 0 aliphatic carbocycles. The second kappa shape index (κ2) is 4.28. The molecule has 0 aliphatic rings. The molecule has 0 aliphatic heterocycles. The molecule has 0 amide bonds. The summed E-state index contributed by atoms with van der Waals surface area (Å²) in [6, 6.07) is 4.98. The molecule has 0 spiro atoms. The zero-order chi connectivity index (χ0) is 9.84. The summed E-state index contributed by atoms with van der Waals surface area (Å²) in [7, 11) is 1.32. The zero-order valence-corrected chi connectivity index (χ0v) is 8.67. The van der Waals surface area contributed by atoms with E-state index in [-0.39, 0.29) is 18.1 Å². The van der Waals surface area contributed by atoms with E-state index >= 15 is 0 Å². The van der Waals surface area contributed by atoms with Gasteiger partial charge in [0.05, 0.1) is 13.5 Å². The Balaban J connectivity index is 2.83. The van der Waals surface area contributed by atoms with Crippen LogP contribution in [0.15, 0.2) is 22.7 Å². The molecule has 13 heavy (non-hydrogen) atoms. The number of aromatic hydroxyl groups is 1. The first-order valence-electron chi connectivity index (χ1n) is 3.67. The number of phenolic OH excluding ortho intramolecular Hbond substituents is 1. The van der Waals surface area contributed by atoms with Crippen LogP contribution in [-0.2, 0) is 16.0 Å². The maximum atomic E-state index is 10.9. The maximum absolute atomic E-state index is 10.9. The predicted octanol–water partition coefficient (Wildman–Crippen LogP) is 1.87. The van der Waals surface area contributed by atoms with Crippen molar-refractivity contribution in [2.45, 2.75) is 6.42 Å². The summed E-state index contributed by atoms with van der Waals surface area (Å²) < 4.78 is 5.25. The number of esters is 1. The molecule has 0 unspecified atom stereocenters. The summed E-state index contributed by atoms with van der Waals surface area (Å²) >= 11 is 3.20. The Kier molecular flexibility index (Phi) is 3.31. The van der Waals surface area contributed by atoms with Gasteiger partial charge < -0.3 is 9.84 Å². The van der Waals surface area contributed by atoms with E-state index in [1.165, 1.54) is 13.2 Å². The van der Waals surface area contributed by atoms with E-state index in [1.54, 1.807) is 12.1 Å². The van der Waals surface area contributed by atoms with Crippen LogP contribution in [0, 0.1) is 0 Å². The second-order valence-electron chi connectivity index (χ2n) is 2.53. The minimum Gasteiger partial charge on any atom is -0.508 e. The number of hydrogen-bond donors (Lipinski definition) is 1. The van der Waals surface area contributed by atoms with Crippen LogP contribution in [-0.4, -0.2) is 18.2 Å². The van der Waals surface area contributed by atoms with Crippen molar-refractivity contribution >= 4 is 21.9 Å². The Morgan fingerprint density at radius 2 is 2.31 bits per heavy atom. The molecule has 0 radical (unpaired) electrons. The van der Waals surface area contributed by atoms with Gasteiger partial charge in [0, 0.05) is 10.0 Å². The van der Waals surface area contributed by atoms with Gasteiger partial charge in [0.15, 0.2) is 0 Å². The molecule has 1 aromatic rings. The molecular weight excluding hydrogens is 236 g/mol. The van der Waals surface area contributed by atoms with Gasteiger partial charge in [-0.2, -0.15) is 0 Å². The fourth-order valence-electron chi connectivity index (χ4n) is 0.914. The monoisotopic (exact) mass is 244 g/mol. The van der Waals surface area contributed by atoms with E-state index in [9.17, 15) is 9.90 Å². The fraction of sp³-hybridized carbons (Fsp3) is 0.222. The van der Waals surface area contributed by atoms with Crippen LogP contribution in [0.2, 0.25) is 0 Å². The van der Waals surface area contributed by atoms with Crippen LogP contribution in [0.5, 0.6) is 5.75 Å². The average molecular weight is 245 g/mol. The Morgan fingerprint density at radius 1 is 1.62 bits per heavy atom. The van der Waals surface area contributed by atoms with Crippen molar-refractivity contribution in [2.75, 3.05) is 7.11 Å². The summed E-state index contributed by atoms with van der Waals surface area (Å²) in [5.74, 6) is -0.266. The lowest BCUT2D eigenvalue weighted by Crippen LogP contribution is -2.04. The lowest BCUT2D eigenvalue weighted by atomic mass is 10.1. The standard InChI is InChI=1S/C9H9BrO3/c1-13-9(12)4-6-2-3-7(10)5-8(6)11/h2-3,5,11H,4H2,1H3. The van der Waals surface area contributed by atoms with Gasteiger partial charge in [-0.3, -0.25) is 4.79 Å². The van der Waals surface area contributed by atoms with Crippen molar-refractivity contribution in [1.82, 2.24) is 0 Å². The Bertz CT molecular complexity index is 323. The number of hydrogen-bond acceptors (Lipinski definition) is 3. The summed E-state index contributed by atoms with van der Waals surface area (Å²) in [5.41, 5.74) is 0.565. The third kappa shape index (κ3) is 2.73. The zero-order valence-electron chi connectivity index (χ0n) is 7.08. The Morgan fingerprint density at radius 3 is 2.85 bits per heavy atom. The van der Waals surface area contributed by atoms with Gasteiger partial charge in [-0.15, -0.1) is 0 Å². The second-order valence-corrected chi connectivity index (χ2v) is 3.44. The van der Waals surface area contributed by atoms with E-state index in [0.29, 0.717) is 5.56 Å². The van der Waals surface area contributed by atoms with Crippen molar-refractivity contribution < 1.29 is 14.6 Å². The lowest BCUT2D eigenvalue weighted by molar-refractivity contribution is -0.139. The summed E-state index contributed by atoms with van der Waals surface area (Å²) in [6.45, 7) is 0. The van der Waals surface area contributed by atoms with E-state index in [4.69, 9.17) is 0 Å². The molecular formula is C9H9BrO3. The Hall–Kier alpha value is -1.03. The summed E-state index contributed by atoms with van der Waals surface area (Å²) in [6.07, 6.45) is 0.0929. The molecule has 0 heterocycles. The molecule has 70 valence electrons. The largest absolute Gasteiger partial charge is 0.508 e. The summed E-state index contributed by atoms with van der Waals surface area (Å²) in [4.78, 5) is 10.9. The molecule has 0 fully saturated rings. The maximum Gasteiger partial charge on any atom is 0.310 e. The highest BCUT2D eigenvalue weighted by Crippen LogP contribution is 2.22. The molecule has 0 atom stereocenters. The highest BCUT2D eigenvalue weighted by molar-refractivity contribution is 9.10. The highest BCUT2D eigenvalue weighted by atomic mass is 79.9. The predicted molar refractivity (Wildman–Crippen MR) is 51.5 cm³/mol. The van der Waals surface area contributed by atoms with Crippen molar-refractivity contribution in [3.8, 4) is 5.75 Å². The first kappa shape index (κ1) is 10.1. The van der Waals surface area contributed by atoms with Crippen molar-refractivity contribution in [2.24, 2.45) is 0 Å². The number of carbonyl (C=O) groups is 1. The van der Waals surface area contributed by atoms with Crippen LogP contribution in [0.3, 0.4) is 0 Å². The van der Waals surface area contributed by atoms with Crippen LogP contribution in [0.25, 0.3) is 0 Å². The number of rotatable bonds is 2. The van der Waals surface area contributed by atoms with E-state index < -0.39 is 0 Å². The number of benzene rings is 1. The molecule has 4 heteroatoms. The van der Waals surface area contributed by atoms with Crippen molar-refractivity contribution in [3.05, 3.63) is 28.2 Å². The van der Waals surface area contributed by atoms with Crippen molar-refractivity contribution in [1.29, 1.82) is 0 Å². The smallest absolute Gasteiger partial charge is 0.310 e. The third-order valence-electron chi connectivity index (χ3n) is 1.61. The van der Waals surface area contributed by atoms with E-state index in [1.807, 2.05) is 0 Å². The van der Waals surface area contributed by atoms with E-state index in [0.717, 1.165) is 4.47 Å². The first-order valence-corrected chi connectivity index (χ1v) is 4.47. The molecule has 1 rings (SSSR count). The van der Waals surface area contributed by atoms with Crippen molar-refractivity contribution in [3.63, 3.8) is 0 Å². The Labute approximate surface area is 84.5 Å². The normalized spacial score (nSPS) is 9.69. The quantitative estimate of drug-likeness (QED) is 0.809. The topological polar surface area (TPSA) is 46.5 Å². The first-order chi connectivity index (χ1) is 6.13. The highest BCUT2D eigenvalue weighted by Gasteiger charge is 2.07. The van der Waals surface area contributed by atoms with Crippen LogP contribution < -0.4 is 0 Å². The molecule has 0 saturated heterocycles. The molecule has 0 bridgehead atoms. The number of ether oxygens (including phenoxy) is 1. The molecule has 0 saturated carbocycles. The van der Waals surface area contributed by atoms with Gasteiger partial charge in [-0.1, -0.05) is 22.0 Å². The van der Waals surface area contributed by atoms with Crippen LogP contribution in [0.1, 0.15) is 5.56 Å². The van der Waals surface area contributed by atoms with Gasteiger partial charge in [0.1, 0.15) is 5.75 Å². The molecule has 1 aromatic carbocycles. The minimum atomic E-state index is -0.363. The van der Waals surface area contributed by atoms with Crippen LogP contribution in [0.4, 0.5) is 0 Å². The van der Waals surface area contributed by atoms with Gasteiger partial charge in [-0.25, -0.2) is 0 Å². The molecule has 1 N–H and O–H groups in total. The summed E-state index contributed by atoms with van der Waals surface area (Å²) in [5, 5.41) is 9.40. The number of phenols is 1. The lowest BCUT2D eigenvalue weighted by Gasteiger charge is -2.03. The van der Waals surface area contributed by atoms with Gasteiger partial charge in [0.2, 0.25) is 0 Å². The number of carbonyl (C=O) groups excluding carboxylic acids is 1. The SMILES string of the molecule is COC(=O)Cc1ccc(Br)cc1O. The van der Waals surface area contributed by atoms with Gasteiger partial charge in [0.25, 0.3) is 0 Å². The molecule has 0 aromatic heterocycles. The van der Waals surface area contributed by atoms with Crippen LogP contribution >= 0.6 is 15.9 Å². The van der Waals surface area contributed by atoms with Gasteiger partial charge >= 0.3 is 5.97 Å². The molecule has 3 nitrogen and oxygen atoms in total. The number of halogens is 1.